The molecule has 1 aliphatic rings. The van der Waals surface area contributed by atoms with Gasteiger partial charge in [-0.3, -0.25) is 4.57 Å². The third kappa shape index (κ3) is 3.01. The second-order valence-corrected chi connectivity index (χ2v) is 6.49. The highest BCUT2D eigenvalue weighted by Gasteiger charge is 2.16. The Bertz CT molecular complexity index is 591. The average molecular weight is 355 g/mol. The Morgan fingerprint density at radius 3 is 2.85 bits per heavy atom. The van der Waals surface area contributed by atoms with E-state index in [1.807, 2.05) is 35.2 Å². The lowest BCUT2D eigenvalue weighted by Gasteiger charge is -2.23. The van der Waals surface area contributed by atoms with E-state index in [1.165, 1.54) is 32.1 Å². The van der Waals surface area contributed by atoms with E-state index in [1.54, 1.807) is 0 Å². The van der Waals surface area contributed by atoms with E-state index >= 15 is 0 Å². The third-order valence-electron chi connectivity index (χ3n) is 3.75. The fraction of sp³-hybridized carbons (Fsp3) is 0.400. The minimum atomic E-state index is 0.530. The SMILES string of the molecule is Clc1ccc(Br)c(-n2ccnc2NC2CCCCC2)c1. The first-order valence-corrected chi connectivity index (χ1v) is 8.16. The van der Waals surface area contributed by atoms with Crippen LogP contribution < -0.4 is 5.32 Å². The first-order chi connectivity index (χ1) is 9.74. The van der Waals surface area contributed by atoms with Gasteiger partial charge in [0.2, 0.25) is 5.95 Å². The van der Waals surface area contributed by atoms with Crippen LogP contribution in [0.25, 0.3) is 5.69 Å². The molecule has 1 aromatic carbocycles. The Hall–Kier alpha value is -1.00. The maximum Gasteiger partial charge on any atom is 0.207 e. The van der Waals surface area contributed by atoms with Crippen LogP contribution in [0.4, 0.5) is 5.95 Å². The highest BCUT2D eigenvalue weighted by Crippen LogP contribution is 2.28. The van der Waals surface area contributed by atoms with Crippen LogP contribution in [0.1, 0.15) is 32.1 Å². The van der Waals surface area contributed by atoms with E-state index in [0.29, 0.717) is 6.04 Å². The number of hydrogen-bond donors (Lipinski definition) is 1. The topological polar surface area (TPSA) is 29.9 Å². The van der Waals surface area contributed by atoms with E-state index in [4.69, 9.17) is 11.6 Å². The standard InChI is InChI=1S/C15H17BrClN3/c16-13-7-6-11(17)10-14(13)20-9-8-18-15(20)19-12-4-2-1-3-5-12/h6-10,12H,1-5H2,(H,18,19). The Balaban J connectivity index is 1.87. The molecule has 0 aliphatic heterocycles. The molecule has 0 saturated heterocycles. The zero-order chi connectivity index (χ0) is 13.9. The van der Waals surface area contributed by atoms with Crippen molar-refractivity contribution in [3.8, 4) is 5.69 Å². The molecule has 2 aromatic rings. The summed E-state index contributed by atoms with van der Waals surface area (Å²) in [5.41, 5.74) is 1.01. The summed E-state index contributed by atoms with van der Waals surface area (Å²) in [5, 5.41) is 4.29. The van der Waals surface area contributed by atoms with Gasteiger partial charge in [-0.2, -0.15) is 0 Å². The summed E-state index contributed by atoms with van der Waals surface area (Å²) in [6.45, 7) is 0. The smallest absolute Gasteiger partial charge is 0.207 e. The van der Waals surface area contributed by atoms with Crippen LogP contribution in [0.5, 0.6) is 0 Å². The van der Waals surface area contributed by atoms with E-state index in [9.17, 15) is 0 Å². The molecule has 0 atom stereocenters. The zero-order valence-electron chi connectivity index (χ0n) is 11.1. The predicted octanol–water partition coefficient (Wildman–Crippen LogP) is 5.03. The van der Waals surface area contributed by atoms with Crippen molar-refractivity contribution < 1.29 is 0 Å². The lowest BCUT2D eigenvalue weighted by atomic mass is 9.96. The van der Waals surface area contributed by atoms with Crippen LogP contribution in [0.2, 0.25) is 5.02 Å². The molecule has 106 valence electrons. The molecule has 0 spiro atoms. The number of halogens is 2. The predicted molar refractivity (Wildman–Crippen MR) is 86.8 cm³/mol. The van der Waals surface area contributed by atoms with E-state index in [-0.39, 0.29) is 0 Å². The molecule has 1 heterocycles. The van der Waals surface area contributed by atoms with Crippen molar-refractivity contribution >= 4 is 33.5 Å². The van der Waals surface area contributed by atoms with Gasteiger partial charge in [-0.1, -0.05) is 30.9 Å². The highest BCUT2D eigenvalue weighted by atomic mass is 79.9. The normalized spacial score (nSPS) is 16.3. The van der Waals surface area contributed by atoms with Gasteiger partial charge in [0.15, 0.2) is 0 Å². The molecule has 1 aliphatic carbocycles. The quantitative estimate of drug-likeness (QED) is 0.837. The van der Waals surface area contributed by atoms with Gasteiger partial charge in [0.05, 0.1) is 5.69 Å². The Kier molecular flexibility index (Phi) is 4.32. The average Bonchev–Trinajstić information content (AvgIpc) is 2.91. The summed E-state index contributed by atoms with van der Waals surface area (Å²) in [4.78, 5) is 4.45. The molecular formula is C15H17BrClN3. The van der Waals surface area contributed by atoms with Gasteiger partial charge in [0, 0.05) is 27.9 Å². The fourth-order valence-corrected chi connectivity index (χ4v) is 3.31. The molecule has 3 nitrogen and oxygen atoms in total. The van der Waals surface area contributed by atoms with Gasteiger partial charge in [-0.25, -0.2) is 4.98 Å². The fourth-order valence-electron chi connectivity index (χ4n) is 2.70. The maximum absolute atomic E-state index is 6.10. The number of nitrogens with zero attached hydrogens (tertiary/aromatic N) is 2. The van der Waals surface area contributed by atoms with Crippen molar-refractivity contribution in [1.29, 1.82) is 0 Å². The number of hydrogen-bond acceptors (Lipinski definition) is 2. The van der Waals surface area contributed by atoms with Crippen molar-refractivity contribution in [2.24, 2.45) is 0 Å². The summed E-state index contributed by atoms with van der Waals surface area (Å²) in [5.74, 6) is 0.889. The molecule has 0 unspecified atom stereocenters. The molecule has 0 bridgehead atoms. The van der Waals surface area contributed by atoms with Crippen LogP contribution in [0, 0.1) is 0 Å². The van der Waals surface area contributed by atoms with Crippen molar-refractivity contribution in [3.63, 3.8) is 0 Å². The number of imidazole rings is 1. The molecule has 1 N–H and O–H groups in total. The number of aromatic nitrogens is 2. The van der Waals surface area contributed by atoms with Gasteiger partial charge >= 0.3 is 0 Å². The molecule has 5 heteroatoms. The number of benzene rings is 1. The lowest BCUT2D eigenvalue weighted by molar-refractivity contribution is 0.460. The molecule has 1 saturated carbocycles. The number of rotatable bonds is 3. The minimum absolute atomic E-state index is 0.530. The van der Waals surface area contributed by atoms with Gasteiger partial charge in [0.1, 0.15) is 0 Å². The molecule has 0 amide bonds. The molecule has 1 aromatic heterocycles. The molecule has 20 heavy (non-hydrogen) atoms. The van der Waals surface area contributed by atoms with Crippen molar-refractivity contribution in [3.05, 3.63) is 40.1 Å². The Labute approximate surface area is 132 Å². The minimum Gasteiger partial charge on any atom is -0.353 e. The van der Waals surface area contributed by atoms with Crippen LogP contribution >= 0.6 is 27.5 Å². The van der Waals surface area contributed by atoms with Crippen molar-refractivity contribution in [2.45, 2.75) is 38.1 Å². The summed E-state index contributed by atoms with van der Waals surface area (Å²) in [7, 11) is 0. The van der Waals surface area contributed by atoms with Gasteiger partial charge in [-0.05, 0) is 47.0 Å². The van der Waals surface area contributed by atoms with E-state index in [2.05, 4.69) is 26.2 Å². The van der Waals surface area contributed by atoms with E-state index < -0.39 is 0 Å². The van der Waals surface area contributed by atoms with Gasteiger partial charge in [0.25, 0.3) is 0 Å². The monoisotopic (exact) mass is 353 g/mol. The first-order valence-electron chi connectivity index (χ1n) is 6.99. The van der Waals surface area contributed by atoms with Crippen molar-refractivity contribution in [1.82, 2.24) is 9.55 Å². The maximum atomic E-state index is 6.10. The third-order valence-corrected chi connectivity index (χ3v) is 4.65. The summed E-state index contributed by atoms with van der Waals surface area (Å²) in [6, 6.07) is 6.31. The molecule has 0 radical (unpaired) electrons. The lowest BCUT2D eigenvalue weighted by Crippen LogP contribution is -2.24. The van der Waals surface area contributed by atoms with Gasteiger partial charge in [-0.15, -0.1) is 0 Å². The van der Waals surface area contributed by atoms with E-state index in [0.717, 1.165) is 21.1 Å². The molecule has 3 rings (SSSR count). The second kappa shape index (κ2) is 6.19. The zero-order valence-corrected chi connectivity index (χ0v) is 13.5. The summed E-state index contributed by atoms with van der Waals surface area (Å²) in [6.07, 6.45) is 10.2. The highest BCUT2D eigenvalue weighted by molar-refractivity contribution is 9.10. The van der Waals surface area contributed by atoms with Crippen molar-refractivity contribution in [2.75, 3.05) is 5.32 Å². The summed E-state index contributed by atoms with van der Waals surface area (Å²) < 4.78 is 3.05. The summed E-state index contributed by atoms with van der Waals surface area (Å²) >= 11 is 9.68. The Morgan fingerprint density at radius 2 is 2.05 bits per heavy atom. The van der Waals surface area contributed by atoms with Crippen LogP contribution in [0.15, 0.2) is 35.1 Å². The number of nitrogens with one attached hydrogen (secondary N) is 1. The molecule has 1 fully saturated rings. The number of anilines is 1. The Morgan fingerprint density at radius 1 is 1.25 bits per heavy atom. The van der Waals surface area contributed by atoms with Crippen LogP contribution in [0.3, 0.4) is 0 Å². The first kappa shape index (κ1) is 14.0. The van der Waals surface area contributed by atoms with Gasteiger partial charge < -0.3 is 5.32 Å². The van der Waals surface area contributed by atoms with Crippen LogP contribution in [-0.4, -0.2) is 15.6 Å². The largest absolute Gasteiger partial charge is 0.353 e. The molecular weight excluding hydrogens is 338 g/mol. The van der Waals surface area contributed by atoms with Crippen LogP contribution in [-0.2, 0) is 0 Å². The second-order valence-electron chi connectivity index (χ2n) is 5.20.